The minimum Gasteiger partial charge on any atom is -0.312 e. The van der Waals surface area contributed by atoms with E-state index in [1.807, 2.05) is 6.07 Å². The van der Waals surface area contributed by atoms with Crippen molar-refractivity contribution >= 4 is 11.6 Å². The second kappa shape index (κ2) is 8.70. The van der Waals surface area contributed by atoms with Gasteiger partial charge in [0.25, 0.3) is 0 Å². The molecule has 3 rings (SSSR count). The Morgan fingerprint density at radius 1 is 0.900 bits per heavy atom. The monoisotopic (exact) mass is 429 g/mol. The number of anilines is 1. The molecular weight excluding hydrogens is 408 g/mol. The van der Waals surface area contributed by atoms with Crippen molar-refractivity contribution in [3.05, 3.63) is 65.2 Å². The van der Waals surface area contributed by atoms with Gasteiger partial charge in [-0.3, -0.25) is 4.79 Å². The Hall–Kier alpha value is -2.51. The molecule has 0 radical (unpaired) electrons. The molecule has 0 spiro atoms. The zero-order valence-electron chi connectivity index (χ0n) is 16.1. The predicted molar refractivity (Wildman–Crippen MR) is 101 cm³/mol. The van der Waals surface area contributed by atoms with Crippen molar-refractivity contribution in [1.82, 2.24) is 0 Å². The molecule has 162 valence electrons. The van der Waals surface area contributed by atoms with Crippen molar-refractivity contribution in [2.75, 3.05) is 11.4 Å². The molecule has 0 aliphatic carbocycles. The van der Waals surface area contributed by atoms with E-state index in [2.05, 4.69) is 0 Å². The fraction of sp³-hybridized carbons (Fsp3) is 0.409. The smallest absolute Gasteiger partial charge is 0.312 e. The lowest BCUT2D eigenvalue weighted by Gasteiger charge is -2.29. The molecule has 0 unspecified atom stereocenters. The Morgan fingerprint density at radius 2 is 1.57 bits per heavy atom. The lowest BCUT2D eigenvalue weighted by Crippen LogP contribution is -2.36. The first-order valence-electron chi connectivity index (χ1n) is 9.68. The molecule has 2 aromatic rings. The highest BCUT2D eigenvalue weighted by Crippen LogP contribution is 2.47. The third kappa shape index (κ3) is 5.15. The van der Waals surface area contributed by atoms with Crippen molar-refractivity contribution in [3.63, 3.8) is 0 Å². The van der Waals surface area contributed by atoms with Crippen LogP contribution in [0.2, 0.25) is 0 Å². The van der Waals surface area contributed by atoms with Crippen LogP contribution in [0.1, 0.15) is 41.9 Å². The van der Waals surface area contributed by atoms with E-state index in [1.165, 1.54) is 11.0 Å². The highest BCUT2D eigenvalue weighted by atomic mass is 19.4. The first kappa shape index (κ1) is 22.2. The lowest BCUT2D eigenvalue weighted by atomic mass is 9.92. The van der Waals surface area contributed by atoms with Gasteiger partial charge in [0.2, 0.25) is 5.91 Å². The van der Waals surface area contributed by atoms with Gasteiger partial charge in [-0.25, -0.2) is 0 Å². The maximum absolute atomic E-state index is 13.1. The topological polar surface area (TPSA) is 20.3 Å². The number of carbonyl (C=O) groups excluding carboxylic acids is 1. The number of amides is 1. The van der Waals surface area contributed by atoms with E-state index in [1.54, 1.807) is 24.3 Å². The van der Waals surface area contributed by atoms with Gasteiger partial charge in [0, 0.05) is 12.2 Å². The number of alkyl halides is 6. The molecule has 1 aliphatic heterocycles. The number of rotatable bonds is 3. The summed E-state index contributed by atoms with van der Waals surface area (Å²) in [7, 11) is 0. The normalized spacial score (nSPS) is 15.5. The van der Waals surface area contributed by atoms with Crippen molar-refractivity contribution in [2.24, 2.45) is 0 Å². The fourth-order valence-corrected chi connectivity index (χ4v) is 3.82. The van der Waals surface area contributed by atoms with Crippen molar-refractivity contribution < 1.29 is 31.1 Å². The Morgan fingerprint density at radius 3 is 2.20 bits per heavy atom. The molecule has 2 nitrogen and oxygen atoms in total. The lowest BCUT2D eigenvalue weighted by molar-refractivity contribution is -0.253. The van der Waals surface area contributed by atoms with Gasteiger partial charge in [-0.1, -0.05) is 48.9 Å². The van der Waals surface area contributed by atoms with E-state index in [0.29, 0.717) is 30.6 Å². The Kier molecular flexibility index (Phi) is 6.43. The molecular formula is C22H21F6NO. The Balaban J connectivity index is 1.97. The highest BCUT2D eigenvalue weighted by Gasteiger charge is 2.57. The molecule has 0 saturated carbocycles. The number of hydrogen-bond acceptors (Lipinski definition) is 1. The average Bonchev–Trinajstić information content (AvgIpc) is 2.61. The van der Waals surface area contributed by atoms with Gasteiger partial charge in [-0.05, 0) is 42.0 Å². The average molecular weight is 429 g/mol. The van der Waals surface area contributed by atoms with Crippen LogP contribution in [0.15, 0.2) is 48.5 Å². The van der Waals surface area contributed by atoms with Crippen LogP contribution in [-0.2, 0) is 17.6 Å². The molecule has 1 heterocycles. The summed E-state index contributed by atoms with van der Waals surface area (Å²) in [6.45, 7) is 0.375. The molecule has 1 aliphatic rings. The summed E-state index contributed by atoms with van der Waals surface area (Å²) in [5, 5.41) is 0. The standard InChI is InChI=1S/C22H21F6NO/c23-21(24,25)20(22(26,27)28)17-10-11-18-16(14-17)9-5-2-6-12-29(18)19(30)13-15-7-3-1-4-8-15/h1,3-4,7-8,10-11,14,20H,2,5-6,9,12-13H2. The van der Waals surface area contributed by atoms with Crippen LogP contribution < -0.4 is 4.90 Å². The van der Waals surface area contributed by atoms with E-state index in [4.69, 9.17) is 0 Å². The van der Waals surface area contributed by atoms with Gasteiger partial charge < -0.3 is 4.90 Å². The van der Waals surface area contributed by atoms with Gasteiger partial charge in [0.1, 0.15) is 0 Å². The highest BCUT2D eigenvalue weighted by molar-refractivity contribution is 5.95. The number of aryl methyl sites for hydroxylation is 1. The molecule has 0 atom stereocenters. The Bertz CT molecular complexity index is 861. The summed E-state index contributed by atoms with van der Waals surface area (Å²) >= 11 is 0. The van der Waals surface area contributed by atoms with Crippen LogP contribution in [0.25, 0.3) is 0 Å². The van der Waals surface area contributed by atoms with Gasteiger partial charge >= 0.3 is 12.4 Å². The molecule has 0 bridgehead atoms. The molecule has 0 saturated heterocycles. The summed E-state index contributed by atoms with van der Waals surface area (Å²) < 4.78 is 78.9. The maximum atomic E-state index is 13.1. The number of carbonyl (C=O) groups is 1. The maximum Gasteiger partial charge on any atom is 0.404 e. The Labute approximate surface area is 170 Å². The van der Waals surface area contributed by atoms with E-state index in [-0.39, 0.29) is 12.3 Å². The third-order valence-electron chi connectivity index (χ3n) is 5.21. The zero-order valence-corrected chi connectivity index (χ0v) is 16.1. The number of nitrogens with zero attached hydrogens (tertiary/aromatic N) is 1. The first-order valence-corrected chi connectivity index (χ1v) is 9.68. The number of fused-ring (bicyclic) bond motifs is 1. The van der Waals surface area contributed by atoms with Gasteiger partial charge in [0.05, 0.1) is 6.42 Å². The molecule has 0 fully saturated rings. The number of halogens is 6. The van der Waals surface area contributed by atoms with E-state index in [0.717, 1.165) is 30.5 Å². The van der Waals surface area contributed by atoms with Crippen molar-refractivity contribution in [1.29, 1.82) is 0 Å². The molecule has 8 heteroatoms. The SMILES string of the molecule is O=C(Cc1ccccc1)N1CCCCCc2cc(C(C(F)(F)F)C(F)(F)F)ccc21. The van der Waals surface area contributed by atoms with E-state index >= 15 is 0 Å². The van der Waals surface area contributed by atoms with E-state index in [9.17, 15) is 31.1 Å². The minimum absolute atomic E-state index is 0.107. The fourth-order valence-electron chi connectivity index (χ4n) is 3.82. The van der Waals surface area contributed by atoms with Crippen LogP contribution in [0.3, 0.4) is 0 Å². The molecule has 1 amide bonds. The summed E-state index contributed by atoms with van der Waals surface area (Å²) in [5.74, 6) is -3.78. The molecule has 2 aromatic carbocycles. The number of benzene rings is 2. The van der Waals surface area contributed by atoms with Crippen LogP contribution in [0.5, 0.6) is 0 Å². The van der Waals surface area contributed by atoms with Crippen LogP contribution in [-0.4, -0.2) is 24.8 Å². The molecule has 0 aromatic heterocycles. The third-order valence-corrected chi connectivity index (χ3v) is 5.21. The summed E-state index contributed by atoms with van der Waals surface area (Å²) in [5.41, 5.74) is 0.677. The summed E-state index contributed by atoms with van der Waals surface area (Å²) in [6, 6.07) is 12.0. The second-order valence-electron chi connectivity index (χ2n) is 7.42. The second-order valence-corrected chi connectivity index (χ2v) is 7.42. The first-order chi connectivity index (χ1) is 14.1. The predicted octanol–water partition coefficient (Wildman–Crippen LogP) is 6.20. The van der Waals surface area contributed by atoms with Gasteiger partial charge in [0.15, 0.2) is 5.92 Å². The minimum atomic E-state index is -5.45. The van der Waals surface area contributed by atoms with E-state index < -0.39 is 23.8 Å². The zero-order chi connectivity index (χ0) is 21.9. The van der Waals surface area contributed by atoms with Gasteiger partial charge in [-0.15, -0.1) is 0 Å². The molecule has 0 N–H and O–H groups in total. The van der Waals surface area contributed by atoms with Crippen LogP contribution in [0, 0.1) is 0 Å². The largest absolute Gasteiger partial charge is 0.404 e. The number of hydrogen-bond donors (Lipinski definition) is 0. The van der Waals surface area contributed by atoms with Crippen LogP contribution >= 0.6 is 0 Å². The molecule has 30 heavy (non-hydrogen) atoms. The van der Waals surface area contributed by atoms with Crippen LogP contribution in [0.4, 0.5) is 32.0 Å². The van der Waals surface area contributed by atoms with Gasteiger partial charge in [-0.2, -0.15) is 26.3 Å². The summed E-state index contributed by atoms with van der Waals surface area (Å²) in [4.78, 5) is 14.4. The quantitative estimate of drug-likeness (QED) is 0.533. The van der Waals surface area contributed by atoms with Crippen molar-refractivity contribution in [3.8, 4) is 0 Å². The van der Waals surface area contributed by atoms with Crippen molar-refractivity contribution in [2.45, 2.75) is 50.4 Å². The summed E-state index contributed by atoms with van der Waals surface area (Å²) in [6.07, 6.45) is -8.37.